The predicted molar refractivity (Wildman–Crippen MR) is 150 cm³/mol. The second-order valence-corrected chi connectivity index (χ2v) is 12.6. The number of esters is 1. The lowest BCUT2D eigenvalue weighted by Gasteiger charge is -2.59. The Bertz CT molecular complexity index is 1490. The number of carbonyl (C=O) groups excluding carboxylic acids is 5. The van der Waals surface area contributed by atoms with Crippen LogP contribution in [0.15, 0.2) is 59.7 Å². The van der Waals surface area contributed by atoms with Crippen LogP contribution in [0.25, 0.3) is 0 Å². The third kappa shape index (κ3) is 2.99. The molecular weight excluding hydrogens is 576 g/mol. The summed E-state index contributed by atoms with van der Waals surface area (Å²) in [4.78, 5) is 73.2. The summed E-state index contributed by atoms with van der Waals surface area (Å²) in [6, 6.07) is 14.2. The molecule has 4 amide bonds. The molecule has 8 nitrogen and oxygen atoms in total. The number of nitrogens with zero attached hydrogens (tertiary/aromatic N) is 2. The van der Waals surface area contributed by atoms with Crippen molar-refractivity contribution in [3.05, 3.63) is 70.8 Å². The van der Waals surface area contributed by atoms with Crippen molar-refractivity contribution in [3.63, 3.8) is 0 Å². The lowest BCUT2D eigenvalue weighted by atomic mass is 9.43. The topological polar surface area (TPSA) is 101 Å². The molecule has 2 aromatic rings. The van der Waals surface area contributed by atoms with E-state index in [4.69, 9.17) is 4.74 Å². The summed E-state index contributed by atoms with van der Waals surface area (Å²) in [7, 11) is 0. The molecule has 3 aliphatic carbocycles. The van der Waals surface area contributed by atoms with E-state index in [9.17, 15) is 24.0 Å². The molecule has 0 aromatic heterocycles. The minimum absolute atomic E-state index is 0.0909. The molecule has 0 N–H and O–H groups in total. The Balaban J connectivity index is 1.61. The van der Waals surface area contributed by atoms with Crippen LogP contribution in [0.4, 0.5) is 11.4 Å². The predicted octanol–water partition coefficient (Wildman–Crippen LogP) is 4.26. The second kappa shape index (κ2) is 8.70. The monoisotopic (exact) mass is 604 g/mol. The molecule has 2 heterocycles. The van der Waals surface area contributed by atoms with Crippen molar-refractivity contribution in [2.75, 3.05) is 16.4 Å². The van der Waals surface area contributed by atoms with Crippen molar-refractivity contribution in [2.24, 2.45) is 29.1 Å². The lowest BCUT2D eigenvalue weighted by molar-refractivity contribution is -0.152. The lowest BCUT2D eigenvalue weighted by Crippen LogP contribution is -2.67. The Labute approximate surface area is 240 Å². The molecule has 40 heavy (non-hydrogen) atoms. The smallest absolute Gasteiger partial charge is 0.334 e. The Morgan fingerprint density at radius 3 is 1.57 bits per heavy atom. The van der Waals surface area contributed by atoms with Gasteiger partial charge in [0, 0.05) is 11.0 Å². The highest BCUT2D eigenvalue weighted by atomic mass is 79.9. The van der Waals surface area contributed by atoms with Gasteiger partial charge in [-0.05, 0) is 56.5 Å². The van der Waals surface area contributed by atoms with E-state index in [1.54, 1.807) is 45.0 Å². The molecule has 6 atom stereocenters. The first kappa shape index (κ1) is 26.6. The third-order valence-electron chi connectivity index (χ3n) is 9.49. The molecule has 3 fully saturated rings. The summed E-state index contributed by atoms with van der Waals surface area (Å²) in [5.41, 5.74) is 1.55. The van der Waals surface area contributed by atoms with Crippen molar-refractivity contribution in [1.29, 1.82) is 0 Å². The zero-order valence-electron chi connectivity index (χ0n) is 22.9. The van der Waals surface area contributed by atoms with E-state index in [0.29, 0.717) is 16.9 Å². The highest BCUT2D eigenvalue weighted by molar-refractivity contribution is 9.10. The van der Waals surface area contributed by atoms with Crippen LogP contribution in [0.3, 0.4) is 0 Å². The third-order valence-corrected chi connectivity index (χ3v) is 11.1. The number of benzene rings is 2. The number of alkyl halides is 1. The van der Waals surface area contributed by atoms with E-state index in [2.05, 4.69) is 15.9 Å². The number of rotatable bonds is 4. The number of hydrogen-bond acceptors (Lipinski definition) is 6. The fourth-order valence-electron chi connectivity index (χ4n) is 7.83. The molecule has 5 aliphatic rings. The maximum atomic E-state index is 14.4. The van der Waals surface area contributed by atoms with Crippen molar-refractivity contribution in [1.82, 2.24) is 0 Å². The van der Waals surface area contributed by atoms with Gasteiger partial charge in [-0.1, -0.05) is 59.3 Å². The fraction of sp³-hybridized carbons (Fsp3) is 0.387. The number of halogens is 1. The fourth-order valence-corrected chi connectivity index (χ4v) is 8.95. The normalized spacial score (nSPS) is 32.6. The SMILES string of the molecule is CCOC(=O)C1=C(C)C2(Br)[C@@H]3C(=O)N(c4ccccc4C)C(=O)C3C1(C)[C@@H]1C(=O)N(c3ccccc3C)C(=O)[C@H]12. The van der Waals surface area contributed by atoms with E-state index in [0.717, 1.165) is 11.1 Å². The molecule has 2 saturated heterocycles. The maximum absolute atomic E-state index is 14.4. The number of allylic oxidation sites excluding steroid dienone is 1. The minimum Gasteiger partial charge on any atom is -0.463 e. The molecule has 2 bridgehead atoms. The average molecular weight is 605 g/mol. The highest BCUT2D eigenvalue weighted by Gasteiger charge is 2.81. The van der Waals surface area contributed by atoms with Crippen molar-refractivity contribution < 1.29 is 28.7 Å². The molecule has 9 heteroatoms. The van der Waals surface area contributed by atoms with Gasteiger partial charge in [-0.2, -0.15) is 0 Å². The number of para-hydroxylation sites is 2. The summed E-state index contributed by atoms with van der Waals surface area (Å²) >= 11 is 3.80. The standard InChI is InChI=1S/C31H29BrN2O6/c1-6-40-29(39)20-17(4)31(32)23-21(25(35)33(27(23)37)18-13-9-7-11-15(18)2)30(20,5)22-24(31)28(38)34(26(22)36)19-14-10-8-12-16(19)3/h7-14,21-24H,6H2,1-5H3/t21-,22?,23-,24-,30?,31?/m0/s1. The van der Waals surface area contributed by atoms with E-state index >= 15 is 0 Å². The van der Waals surface area contributed by atoms with Crippen LogP contribution in [0.1, 0.15) is 31.9 Å². The molecule has 206 valence electrons. The number of ether oxygens (including phenoxy) is 1. The van der Waals surface area contributed by atoms with E-state index in [-0.39, 0.29) is 12.2 Å². The van der Waals surface area contributed by atoms with Gasteiger partial charge < -0.3 is 4.74 Å². The number of carbonyl (C=O) groups is 5. The van der Waals surface area contributed by atoms with E-state index < -0.39 is 63.0 Å². The first-order chi connectivity index (χ1) is 18.9. The van der Waals surface area contributed by atoms with Crippen molar-refractivity contribution >= 4 is 56.9 Å². The zero-order chi connectivity index (χ0) is 28.9. The van der Waals surface area contributed by atoms with Gasteiger partial charge in [0.25, 0.3) is 0 Å². The van der Waals surface area contributed by atoms with Crippen LogP contribution in [-0.4, -0.2) is 40.5 Å². The largest absolute Gasteiger partial charge is 0.463 e. The molecular formula is C31H29BrN2O6. The van der Waals surface area contributed by atoms with Crippen LogP contribution in [0, 0.1) is 42.9 Å². The molecule has 2 aromatic carbocycles. The molecule has 0 radical (unpaired) electrons. The number of imide groups is 2. The Hall–Kier alpha value is -3.59. The molecule has 0 spiro atoms. The summed E-state index contributed by atoms with van der Waals surface area (Å²) in [5.74, 6) is -6.65. The Morgan fingerprint density at radius 2 is 1.18 bits per heavy atom. The second-order valence-electron chi connectivity index (χ2n) is 11.3. The van der Waals surface area contributed by atoms with Crippen LogP contribution in [-0.2, 0) is 28.7 Å². The first-order valence-electron chi connectivity index (χ1n) is 13.4. The quantitative estimate of drug-likeness (QED) is 0.294. The molecule has 3 unspecified atom stereocenters. The van der Waals surface area contributed by atoms with Gasteiger partial charge in [-0.3, -0.25) is 19.2 Å². The van der Waals surface area contributed by atoms with Crippen LogP contribution in [0.2, 0.25) is 0 Å². The average Bonchev–Trinajstić information content (AvgIpc) is 3.34. The van der Waals surface area contributed by atoms with Gasteiger partial charge in [0.2, 0.25) is 23.6 Å². The summed E-state index contributed by atoms with van der Waals surface area (Å²) in [6.45, 7) is 8.78. The van der Waals surface area contributed by atoms with Crippen LogP contribution in [0.5, 0.6) is 0 Å². The number of anilines is 2. The van der Waals surface area contributed by atoms with Gasteiger partial charge in [0.15, 0.2) is 0 Å². The first-order valence-corrected chi connectivity index (χ1v) is 14.2. The number of aryl methyl sites for hydroxylation is 2. The summed E-state index contributed by atoms with van der Waals surface area (Å²) < 4.78 is 4.01. The maximum Gasteiger partial charge on any atom is 0.334 e. The minimum atomic E-state index is -1.46. The number of hydrogen-bond donors (Lipinski definition) is 0. The van der Waals surface area contributed by atoms with Gasteiger partial charge in [0.1, 0.15) is 0 Å². The van der Waals surface area contributed by atoms with E-state index in [1.807, 2.05) is 38.1 Å². The Kier molecular flexibility index (Phi) is 5.79. The van der Waals surface area contributed by atoms with Crippen molar-refractivity contribution in [3.8, 4) is 0 Å². The van der Waals surface area contributed by atoms with E-state index in [1.165, 1.54) is 9.80 Å². The van der Waals surface area contributed by atoms with Gasteiger partial charge in [-0.25, -0.2) is 14.6 Å². The summed E-state index contributed by atoms with van der Waals surface area (Å²) in [6.07, 6.45) is 0. The Morgan fingerprint density at radius 1 is 0.775 bits per heavy atom. The van der Waals surface area contributed by atoms with Gasteiger partial charge >= 0.3 is 5.97 Å². The molecule has 7 rings (SSSR count). The molecule has 1 saturated carbocycles. The van der Waals surface area contributed by atoms with Crippen LogP contribution < -0.4 is 9.80 Å². The van der Waals surface area contributed by atoms with Crippen LogP contribution >= 0.6 is 15.9 Å². The highest BCUT2D eigenvalue weighted by Crippen LogP contribution is 2.72. The van der Waals surface area contributed by atoms with Crippen molar-refractivity contribution in [2.45, 2.75) is 38.9 Å². The van der Waals surface area contributed by atoms with Gasteiger partial charge in [0.05, 0.1) is 46.0 Å². The summed E-state index contributed by atoms with van der Waals surface area (Å²) in [5, 5.41) is 0. The van der Waals surface area contributed by atoms with Gasteiger partial charge in [-0.15, -0.1) is 0 Å². The number of amides is 4. The zero-order valence-corrected chi connectivity index (χ0v) is 24.4. The molecule has 2 aliphatic heterocycles.